The van der Waals surface area contributed by atoms with Crippen LogP contribution in [0.25, 0.3) is 0 Å². The lowest BCUT2D eigenvalue weighted by molar-refractivity contribution is -0.678. The Balaban J connectivity index is 2.19. The van der Waals surface area contributed by atoms with Gasteiger partial charge in [-0.1, -0.05) is 29.3 Å². The minimum atomic E-state index is 0.121. The van der Waals surface area contributed by atoms with Crippen molar-refractivity contribution in [2.75, 3.05) is 0 Å². The smallest absolute Gasteiger partial charge is 0.229 e. The Hall–Kier alpha value is -1.45. The van der Waals surface area contributed by atoms with Crippen LogP contribution in [0.3, 0.4) is 0 Å². The predicted octanol–water partition coefficient (Wildman–Crippen LogP) is 3.41. The fourth-order valence-corrected chi connectivity index (χ4v) is 2.00. The number of benzene rings is 1. The molecule has 1 aromatic heterocycles. The van der Waals surface area contributed by atoms with E-state index in [0.717, 1.165) is 11.3 Å². The number of aryl methyl sites for hydroxylation is 1. The standard InChI is InChI=1S/C14H13Cl2NO2/c1-9-14(13(18)5-6-17(9)2)19-8-10-3-4-11(15)12(16)7-10/h3-7H,8H2,1-2H3/p+1. The molecule has 0 bridgehead atoms. The highest BCUT2D eigenvalue weighted by atomic mass is 35.5. The van der Waals surface area contributed by atoms with Crippen LogP contribution in [0.5, 0.6) is 11.5 Å². The van der Waals surface area contributed by atoms with Crippen molar-refractivity contribution in [3.8, 4) is 11.5 Å². The third kappa shape index (κ3) is 3.11. The quantitative estimate of drug-likeness (QED) is 0.881. The van der Waals surface area contributed by atoms with E-state index in [4.69, 9.17) is 27.9 Å². The molecule has 5 heteroatoms. The molecule has 19 heavy (non-hydrogen) atoms. The number of aromatic hydroxyl groups is 1. The molecule has 1 aromatic carbocycles. The van der Waals surface area contributed by atoms with Gasteiger partial charge in [0.25, 0.3) is 0 Å². The number of hydrogen-bond donors (Lipinski definition) is 1. The van der Waals surface area contributed by atoms with Gasteiger partial charge in [0.15, 0.2) is 11.9 Å². The first-order valence-corrected chi connectivity index (χ1v) is 6.49. The summed E-state index contributed by atoms with van der Waals surface area (Å²) in [6, 6.07) is 6.90. The van der Waals surface area contributed by atoms with Crippen LogP contribution in [-0.4, -0.2) is 5.11 Å². The zero-order chi connectivity index (χ0) is 14.0. The lowest BCUT2D eigenvalue weighted by Crippen LogP contribution is -2.31. The lowest BCUT2D eigenvalue weighted by Gasteiger charge is -2.09. The summed E-state index contributed by atoms with van der Waals surface area (Å²) in [6.45, 7) is 2.19. The van der Waals surface area contributed by atoms with Crippen molar-refractivity contribution in [1.82, 2.24) is 0 Å². The zero-order valence-corrected chi connectivity index (χ0v) is 12.2. The number of hydrogen-bond acceptors (Lipinski definition) is 2. The van der Waals surface area contributed by atoms with Crippen molar-refractivity contribution in [2.45, 2.75) is 13.5 Å². The molecule has 0 saturated carbocycles. The van der Waals surface area contributed by atoms with Crippen LogP contribution in [0.15, 0.2) is 30.5 Å². The molecule has 2 aromatic rings. The van der Waals surface area contributed by atoms with Crippen LogP contribution in [0.4, 0.5) is 0 Å². The van der Waals surface area contributed by atoms with E-state index in [1.807, 2.05) is 24.6 Å². The van der Waals surface area contributed by atoms with E-state index >= 15 is 0 Å². The molecule has 0 aliphatic heterocycles. The molecule has 1 N–H and O–H groups in total. The van der Waals surface area contributed by atoms with E-state index in [0.29, 0.717) is 22.4 Å². The van der Waals surface area contributed by atoms with Gasteiger partial charge in [-0.3, -0.25) is 0 Å². The Morgan fingerprint density at radius 1 is 1.21 bits per heavy atom. The normalized spacial score (nSPS) is 10.5. The van der Waals surface area contributed by atoms with Gasteiger partial charge in [-0.2, -0.15) is 0 Å². The molecule has 0 saturated heterocycles. The largest absolute Gasteiger partial charge is 0.504 e. The summed E-state index contributed by atoms with van der Waals surface area (Å²) in [5, 5.41) is 10.8. The monoisotopic (exact) mass is 298 g/mol. The van der Waals surface area contributed by atoms with Gasteiger partial charge in [0, 0.05) is 13.0 Å². The summed E-state index contributed by atoms with van der Waals surface area (Å²) in [5.74, 6) is 0.590. The number of rotatable bonds is 3. The van der Waals surface area contributed by atoms with Crippen LogP contribution in [0.2, 0.25) is 10.0 Å². The highest BCUT2D eigenvalue weighted by Crippen LogP contribution is 2.28. The van der Waals surface area contributed by atoms with Crippen LogP contribution in [0, 0.1) is 6.92 Å². The Morgan fingerprint density at radius 3 is 2.63 bits per heavy atom. The number of nitrogens with zero attached hydrogens (tertiary/aromatic N) is 1. The molecular weight excluding hydrogens is 285 g/mol. The number of halogens is 2. The van der Waals surface area contributed by atoms with Crippen molar-refractivity contribution in [3.05, 3.63) is 51.8 Å². The lowest BCUT2D eigenvalue weighted by atomic mass is 10.2. The average molecular weight is 299 g/mol. The van der Waals surface area contributed by atoms with E-state index < -0.39 is 0 Å². The highest BCUT2D eigenvalue weighted by molar-refractivity contribution is 6.42. The minimum Gasteiger partial charge on any atom is -0.504 e. The summed E-state index contributed by atoms with van der Waals surface area (Å²) < 4.78 is 7.54. The van der Waals surface area contributed by atoms with Gasteiger partial charge in [0.2, 0.25) is 11.4 Å². The maximum atomic E-state index is 9.81. The van der Waals surface area contributed by atoms with Gasteiger partial charge in [-0.15, -0.1) is 0 Å². The Bertz CT molecular complexity index is 615. The van der Waals surface area contributed by atoms with Crippen molar-refractivity contribution >= 4 is 23.2 Å². The summed E-state index contributed by atoms with van der Waals surface area (Å²) in [6.07, 6.45) is 1.77. The maximum Gasteiger partial charge on any atom is 0.229 e. The topological polar surface area (TPSA) is 33.3 Å². The van der Waals surface area contributed by atoms with Gasteiger partial charge in [-0.05, 0) is 17.7 Å². The molecule has 0 fully saturated rings. The maximum absolute atomic E-state index is 9.81. The van der Waals surface area contributed by atoms with Gasteiger partial charge in [0.05, 0.1) is 10.0 Å². The van der Waals surface area contributed by atoms with Crippen LogP contribution in [-0.2, 0) is 13.7 Å². The fourth-order valence-electron chi connectivity index (χ4n) is 1.68. The Kier molecular flexibility index (Phi) is 4.17. The van der Waals surface area contributed by atoms with Crippen LogP contribution >= 0.6 is 23.2 Å². The summed E-state index contributed by atoms with van der Waals surface area (Å²) in [4.78, 5) is 0. The van der Waals surface area contributed by atoms with E-state index in [9.17, 15) is 5.11 Å². The van der Waals surface area contributed by atoms with Crippen molar-refractivity contribution < 1.29 is 14.4 Å². The Morgan fingerprint density at radius 2 is 1.95 bits per heavy atom. The van der Waals surface area contributed by atoms with E-state index in [1.165, 1.54) is 0 Å². The molecule has 0 aliphatic carbocycles. The first-order chi connectivity index (χ1) is 8.99. The summed E-state index contributed by atoms with van der Waals surface area (Å²) in [5.41, 5.74) is 1.74. The number of ether oxygens (including phenoxy) is 1. The second-order valence-corrected chi connectivity index (χ2v) is 5.08. The first-order valence-electron chi connectivity index (χ1n) is 5.74. The van der Waals surface area contributed by atoms with Gasteiger partial charge in [-0.25, -0.2) is 4.57 Å². The molecule has 1 heterocycles. The molecule has 0 amide bonds. The Labute approximate surface area is 122 Å². The van der Waals surface area contributed by atoms with Crippen molar-refractivity contribution in [2.24, 2.45) is 7.05 Å². The third-order valence-corrected chi connectivity index (χ3v) is 3.65. The molecule has 0 unspecified atom stereocenters. The molecule has 3 nitrogen and oxygen atoms in total. The fraction of sp³-hybridized carbons (Fsp3) is 0.214. The zero-order valence-electron chi connectivity index (χ0n) is 10.7. The molecule has 0 radical (unpaired) electrons. The van der Waals surface area contributed by atoms with Crippen LogP contribution in [0.1, 0.15) is 11.3 Å². The average Bonchev–Trinajstić information content (AvgIpc) is 2.38. The van der Waals surface area contributed by atoms with Crippen molar-refractivity contribution in [3.63, 3.8) is 0 Å². The van der Waals surface area contributed by atoms with Gasteiger partial charge >= 0.3 is 0 Å². The first kappa shape index (κ1) is 14.0. The second kappa shape index (κ2) is 5.68. The second-order valence-electron chi connectivity index (χ2n) is 4.26. The highest BCUT2D eigenvalue weighted by Gasteiger charge is 2.15. The predicted molar refractivity (Wildman–Crippen MR) is 74.8 cm³/mol. The molecule has 0 spiro atoms. The van der Waals surface area contributed by atoms with Crippen LogP contribution < -0.4 is 9.30 Å². The number of aromatic nitrogens is 1. The summed E-state index contributed by atoms with van der Waals surface area (Å²) in [7, 11) is 1.89. The van der Waals surface area contributed by atoms with E-state index in [1.54, 1.807) is 24.4 Å². The molecule has 0 aliphatic rings. The minimum absolute atomic E-state index is 0.121. The number of pyridine rings is 1. The van der Waals surface area contributed by atoms with Crippen molar-refractivity contribution in [1.29, 1.82) is 0 Å². The SMILES string of the molecule is Cc1c(OCc2ccc(Cl)c(Cl)c2)c(O)cc[n+]1C. The van der Waals surface area contributed by atoms with Gasteiger partial charge in [0.1, 0.15) is 13.7 Å². The molecule has 100 valence electrons. The van der Waals surface area contributed by atoms with E-state index in [-0.39, 0.29) is 5.75 Å². The van der Waals surface area contributed by atoms with Gasteiger partial charge < -0.3 is 9.84 Å². The third-order valence-electron chi connectivity index (χ3n) is 2.91. The molecule has 0 atom stereocenters. The van der Waals surface area contributed by atoms with E-state index in [2.05, 4.69) is 0 Å². The molecular formula is C14H14Cl2NO2+. The molecule has 2 rings (SSSR count). The summed E-state index contributed by atoms with van der Waals surface area (Å²) >= 11 is 11.8.